The van der Waals surface area contributed by atoms with Crippen molar-refractivity contribution in [2.24, 2.45) is 0 Å². The Morgan fingerprint density at radius 1 is 1.17 bits per heavy atom. The molecule has 0 aliphatic rings. The summed E-state index contributed by atoms with van der Waals surface area (Å²) in [4.78, 5) is 16.6. The van der Waals surface area contributed by atoms with E-state index in [9.17, 15) is 4.79 Å². The number of aryl methyl sites for hydroxylation is 2. The maximum atomic E-state index is 12.1. The van der Waals surface area contributed by atoms with Gasteiger partial charge in [-0.05, 0) is 36.6 Å². The number of anilines is 1. The van der Waals surface area contributed by atoms with Crippen molar-refractivity contribution in [3.8, 4) is 0 Å². The van der Waals surface area contributed by atoms with Crippen LogP contribution < -0.4 is 5.32 Å². The van der Waals surface area contributed by atoms with Gasteiger partial charge in [0, 0.05) is 5.75 Å². The number of hydrogen-bond acceptors (Lipinski definition) is 4. The van der Waals surface area contributed by atoms with Crippen molar-refractivity contribution in [1.82, 2.24) is 4.98 Å². The van der Waals surface area contributed by atoms with E-state index in [1.165, 1.54) is 28.0 Å². The molecule has 1 aromatic heterocycles. The minimum atomic E-state index is -0.000591. The molecule has 0 atom stereocenters. The van der Waals surface area contributed by atoms with Crippen molar-refractivity contribution in [1.29, 1.82) is 0 Å². The van der Waals surface area contributed by atoms with Gasteiger partial charge in [-0.3, -0.25) is 4.79 Å². The van der Waals surface area contributed by atoms with Crippen LogP contribution in [0.25, 0.3) is 10.2 Å². The van der Waals surface area contributed by atoms with Gasteiger partial charge >= 0.3 is 0 Å². The maximum Gasteiger partial charge on any atom is 0.236 e. The molecule has 3 rings (SSSR count). The number of carbonyl (C=O) groups is 1. The van der Waals surface area contributed by atoms with Crippen LogP contribution in [0.3, 0.4) is 0 Å². The molecule has 2 aromatic carbocycles. The highest BCUT2D eigenvalue weighted by Crippen LogP contribution is 2.29. The van der Waals surface area contributed by atoms with Gasteiger partial charge in [0.25, 0.3) is 0 Å². The molecule has 0 saturated carbocycles. The molecule has 0 bridgehead atoms. The number of benzene rings is 2. The smallest absolute Gasteiger partial charge is 0.236 e. The van der Waals surface area contributed by atoms with Crippen molar-refractivity contribution in [3.63, 3.8) is 0 Å². The molecular weight excluding hydrogens is 324 g/mol. The van der Waals surface area contributed by atoms with Gasteiger partial charge in [0.2, 0.25) is 5.91 Å². The van der Waals surface area contributed by atoms with Crippen molar-refractivity contribution in [2.75, 3.05) is 11.1 Å². The van der Waals surface area contributed by atoms with Gasteiger partial charge in [-0.15, -0.1) is 11.8 Å². The summed E-state index contributed by atoms with van der Waals surface area (Å²) in [5.74, 6) is 1.27. The fourth-order valence-corrected chi connectivity index (χ4v) is 4.00. The van der Waals surface area contributed by atoms with Crippen molar-refractivity contribution in [3.05, 3.63) is 59.2 Å². The summed E-state index contributed by atoms with van der Waals surface area (Å²) in [7, 11) is 0. The number of fused-ring (bicyclic) bond motifs is 1. The van der Waals surface area contributed by atoms with E-state index in [1.54, 1.807) is 11.8 Å². The molecule has 5 heteroatoms. The molecule has 0 saturated heterocycles. The number of thioether (sulfide) groups is 1. The fraction of sp³-hybridized carbons (Fsp3) is 0.222. The lowest BCUT2D eigenvalue weighted by molar-refractivity contribution is -0.113. The summed E-state index contributed by atoms with van der Waals surface area (Å²) in [5, 5.41) is 3.59. The SMILES string of the molecule is Cc1ccc2sc(NC(=O)CSCc3ccccc3)nc2c1C. The van der Waals surface area contributed by atoms with Crippen LogP contribution >= 0.6 is 23.1 Å². The van der Waals surface area contributed by atoms with Crippen molar-refractivity contribution < 1.29 is 4.79 Å². The van der Waals surface area contributed by atoms with Crippen molar-refractivity contribution >= 4 is 44.4 Å². The molecular formula is C18H18N2OS2. The molecule has 3 nitrogen and oxygen atoms in total. The van der Waals surface area contributed by atoms with Crippen LogP contribution in [0.1, 0.15) is 16.7 Å². The van der Waals surface area contributed by atoms with Crippen LogP contribution in [0.4, 0.5) is 5.13 Å². The van der Waals surface area contributed by atoms with Crippen LogP contribution in [0.2, 0.25) is 0 Å². The van der Waals surface area contributed by atoms with Crippen LogP contribution in [0.15, 0.2) is 42.5 Å². The summed E-state index contributed by atoms with van der Waals surface area (Å²) in [6.07, 6.45) is 0. The lowest BCUT2D eigenvalue weighted by Crippen LogP contribution is -2.13. The highest BCUT2D eigenvalue weighted by Gasteiger charge is 2.10. The number of nitrogens with zero attached hydrogens (tertiary/aromatic N) is 1. The third-order valence-corrected chi connectivity index (χ3v) is 5.62. The molecule has 0 radical (unpaired) electrons. The third kappa shape index (κ3) is 3.92. The molecule has 0 aliphatic carbocycles. The first-order chi connectivity index (χ1) is 11.1. The van der Waals surface area contributed by atoms with Crippen LogP contribution in [0.5, 0.6) is 0 Å². The number of nitrogens with one attached hydrogen (secondary N) is 1. The Bertz CT molecular complexity index is 828. The standard InChI is InChI=1S/C18H18N2OS2/c1-12-8-9-15-17(13(12)2)20-18(23-15)19-16(21)11-22-10-14-6-4-3-5-7-14/h3-9H,10-11H2,1-2H3,(H,19,20,21). The number of thiazole rings is 1. The molecule has 0 spiro atoms. The molecule has 1 N–H and O–H groups in total. The topological polar surface area (TPSA) is 42.0 Å². The van der Waals surface area contributed by atoms with Gasteiger partial charge < -0.3 is 5.32 Å². The average molecular weight is 342 g/mol. The second-order valence-corrected chi connectivity index (χ2v) is 7.42. The van der Waals surface area contributed by atoms with Gasteiger partial charge in [0.05, 0.1) is 16.0 Å². The number of aromatic nitrogens is 1. The predicted octanol–water partition coefficient (Wildman–Crippen LogP) is 4.79. The first kappa shape index (κ1) is 16.0. The zero-order valence-corrected chi connectivity index (χ0v) is 14.8. The Balaban J connectivity index is 1.58. The second kappa shape index (κ2) is 7.15. The fourth-order valence-electron chi connectivity index (χ4n) is 2.27. The van der Waals surface area contributed by atoms with Gasteiger partial charge in [0.1, 0.15) is 0 Å². The molecule has 23 heavy (non-hydrogen) atoms. The molecule has 1 amide bonds. The van der Waals surface area contributed by atoms with E-state index in [0.29, 0.717) is 10.9 Å². The summed E-state index contributed by atoms with van der Waals surface area (Å²) in [6, 6.07) is 14.3. The van der Waals surface area contributed by atoms with E-state index in [0.717, 1.165) is 16.0 Å². The normalized spacial score (nSPS) is 10.9. The lowest BCUT2D eigenvalue weighted by atomic mass is 10.1. The lowest BCUT2D eigenvalue weighted by Gasteiger charge is -2.02. The minimum absolute atomic E-state index is 0.000591. The Morgan fingerprint density at radius 3 is 2.74 bits per heavy atom. The number of rotatable bonds is 5. The van der Waals surface area contributed by atoms with E-state index >= 15 is 0 Å². The molecule has 3 aromatic rings. The van der Waals surface area contributed by atoms with Gasteiger partial charge in [-0.25, -0.2) is 4.98 Å². The van der Waals surface area contributed by atoms with Crippen LogP contribution in [-0.2, 0) is 10.5 Å². The Morgan fingerprint density at radius 2 is 1.96 bits per heavy atom. The zero-order chi connectivity index (χ0) is 16.2. The Kier molecular flexibility index (Phi) is 4.98. The molecule has 0 fully saturated rings. The number of carbonyl (C=O) groups excluding carboxylic acids is 1. The number of amides is 1. The van der Waals surface area contributed by atoms with Crippen LogP contribution in [-0.4, -0.2) is 16.6 Å². The molecule has 1 heterocycles. The second-order valence-electron chi connectivity index (χ2n) is 5.40. The molecule has 0 unspecified atom stereocenters. The first-order valence-corrected chi connectivity index (χ1v) is 9.39. The minimum Gasteiger partial charge on any atom is -0.301 e. The first-order valence-electron chi connectivity index (χ1n) is 7.42. The average Bonchev–Trinajstić information content (AvgIpc) is 2.95. The Labute approximate surface area is 144 Å². The van der Waals surface area contributed by atoms with Gasteiger partial charge in [-0.1, -0.05) is 47.7 Å². The van der Waals surface area contributed by atoms with Crippen molar-refractivity contribution in [2.45, 2.75) is 19.6 Å². The van der Waals surface area contributed by atoms with E-state index < -0.39 is 0 Å². The Hall–Kier alpha value is -1.85. The monoisotopic (exact) mass is 342 g/mol. The summed E-state index contributed by atoms with van der Waals surface area (Å²) >= 11 is 3.14. The van der Waals surface area contributed by atoms with Gasteiger partial charge in [0.15, 0.2) is 5.13 Å². The maximum absolute atomic E-state index is 12.1. The van der Waals surface area contributed by atoms with E-state index in [2.05, 4.69) is 48.4 Å². The largest absolute Gasteiger partial charge is 0.301 e. The predicted molar refractivity (Wildman–Crippen MR) is 100 cm³/mol. The highest BCUT2D eigenvalue weighted by molar-refractivity contribution is 7.99. The summed E-state index contributed by atoms with van der Waals surface area (Å²) in [5.41, 5.74) is 4.62. The van der Waals surface area contributed by atoms with E-state index in [1.807, 2.05) is 18.2 Å². The third-order valence-electron chi connectivity index (χ3n) is 3.68. The van der Waals surface area contributed by atoms with Crippen LogP contribution in [0, 0.1) is 13.8 Å². The van der Waals surface area contributed by atoms with Gasteiger partial charge in [-0.2, -0.15) is 0 Å². The van der Waals surface area contributed by atoms with E-state index in [-0.39, 0.29) is 5.91 Å². The summed E-state index contributed by atoms with van der Waals surface area (Å²) in [6.45, 7) is 4.14. The zero-order valence-electron chi connectivity index (χ0n) is 13.1. The quantitative estimate of drug-likeness (QED) is 0.725. The highest BCUT2D eigenvalue weighted by atomic mass is 32.2. The van der Waals surface area contributed by atoms with E-state index in [4.69, 9.17) is 0 Å². The molecule has 0 aliphatic heterocycles. The summed E-state index contributed by atoms with van der Waals surface area (Å²) < 4.78 is 1.11. The number of hydrogen-bond donors (Lipinski definition) is 1. The molecule has 118 valence electrons.